The van der Waals surface area contributed by atoms with E-state index in [0.29, 0.717) is 6.42 Å². The Morgan fingerprint density at radius 2 is 2.25 bits per heavy atom. The van der Waals surface area contributed by atoms with Crippen LogP contribution in [0.2, 0.25) is 0 Å². The molecule has 0 unspecified atom stereocenters. The lowest BCUT2D eigenvalue weighted by Crippen LogP contribution is -1.87. The molecule has 0 amide bonds. The third kappa shape index (κ3) is 2.67. The summed E-state index contributed by atoms with van der Waals surface area (Å²) >= 11 is 1.66. The van der Waals surface area contributed by atoms with E-state index in [1.807, 2.05) is 24.3 Å². The van der Waals surface area contributed by atoms with Gasteiger partial charge >= 0.3 is 5.97 Å². The molecule has 16 heavy (non-hydrogen) atoms. The zero-order valence-electron chi connectivity index (χ0n) is 8.59. The Labute approximate surface area is 97.1 Å². The number of thiazole rings is 1. The predicted molar refractivity (Wildman–Crippen MR) is 64.7 cm³/mol. The molecule has 0 aliphatic rings. The minimum atomic E-state index is -0.899. The summed E-state index contributed by atoms with van der Waals surface area (Å²) in [5.74, 6) is -0.899. The van der Waals surface area contributed by atoms with Crippen LogP contribution in [-0.4, -0.2) is 16.1 Å². The summed E-state index contributed by atoms with van der Waals surface area (Å²) < 4.78 is 1.18. The minimum Gasteiger partial charge on any atom is -0.478 e. The molecule has 1 aromatic carbocycles. The molecule has 1 N–H and O–H groups in total. The molecular formula is C12H11NO2S. The lowest BCUT2D eigenvalue weighted by molar-refractivity contribution is -0.131. The lowest BCUT2D eigenvalue weighted by atomic mass is 10.3. The highest BCUT2D eigenvalue weighted by Crippen LogP contribution is 2.22. The van der Waals surface area contributed by atoms with E-state index in [9.17, 15) is 4.79 Å². The fourth-order valence-corrected chi connectivity index (χ4v) is 2.40. The van der Waals surface area contributed by atoms with Gasteiger partial charge in [0.25, 0.3) is 0 Å². The molecule has 82 valence electrons. The first-order valence-corrected chi connectivity index (χ1v) is 5.81. The van der Waals surface area contributed by atoms with Crippen molar-refractivity contribution in [3.8, 4) is 0 Å². The summed E-state index contributed by atoms with van der Waals surface area (Å²) in [6.45, 7) is 0. The van der Waals surface area contributed by atoms with Gasteiger partial charge in [-0.25, -0.2) is 9.78 Å². The monoisotopic (exact) mass is 233 g/mol. The van der Waals surface area contributed by atoms with Crippen LogP contribution in [-0.2, 0) is 11.2 Å². The summed E-state index contributed by atoms with van der Waals surface area (Å²) in [6.07, 6.45) is 4.34. The fraction of sp³-hybridized carbons (Fsp3) is 0.167. The van der Waals surface area contributed by atoms with Crippen LogP contribution in [0.3, 0.4) is 0 Å². The number of benzene rings is 1. The van der Waals surface area contributed by atoms with Crippen LogP contribution in [0, 0.1) is 0 Å². The number of carbonyl (C=O) groups is 1. The zero-order chi connectivity index (χ0) is 11.4. The van der Waals surface area contributed by atoms with Crippen molar-refractivity contribution < 1.29 is 9.90 Å². The Kier molecular flexibility index (Phi) is 3.31. The zero-order valence-corrected chi connectivity index (χ0v) is 9.41. The maximum atomic E-state index is 10.3. The van der Waals surface area contributed by atoms with E-state index in [0.717, 1.165) is 16.9 Å². The summed E-state index contributed by atoms with van der Waals surface area (Å²) in [7, 11) is 0. The predicted octanol–water partition coefficient (Wildman–Crippen LogP) is 2.87. The molecule has 0 bridgehead atoms. The van der Waals surface area contributed by atoms with Gasteiger partial charge < -0.3 is 5.11 Å². The molecule has 0 atom stereocenters. The molecule has 4 heteroatoms. The first-order valence-electron chi connectivity index (χ1n) is 4.99. The summed E-state index contributed by atoms with van der Waals surface area (Å²) in [5.41, 5.74) is 1.02. The van der Waals surface area contributed by atoms with Crippen molar-refractivity contribution in [3.63, 3.8) is 0 Å². The standard InChI is InChI=1S/C12H11NO2S/c14-12(15)8-4-3-7-11-13-9-5-1-2-6-10(9)16-11/h1-2,4-6,8H,3,7H2,(H,14,15)/b8-4+. The summed E-state index contributed by atoms with van der Waals surface area (Å²) in [4.78, 5) is 14.7. The number of carboxylic acids is 1. The van der Waals surface area contributed by atoms with Gasteiger partial charge in [-0.05, 0) is 18.6 Å². The van der Waals surface area contributed by atoms with Crippen LogP contribution in [0.4, 0.5) is 0 Å². The molecular weight excluding hydrogens is 222 g/mol. The van der Waals surface area contributed by atoms with Crippen molar-refractivity contribution in [1.29, 1.82) is 0 Å². The van der Waals surface area contributed by atoms with Gasteiger partial charge in [0.05, 0.1) is 15.2 Å². The Morgan fingerprint density at radius 3 is 3.00 bits per heavy atom. The number of aromatic nitrogens is 1. The highest BCUT2D eigenvalue weighted by molar-refractivity contribution is 7.18. The highest BCUT2D eigenvalue weighted by Gasteiger charge is 2.01. The van der Waals surface area contributed by atoms with Crippen molar-refractivity contribution in [1.82, 2.24) is 4.98 Å². The maximum absolute atomic E-state index is 10.3. The number of nitrogens with zero attached hydrogens (tertiary/aromatic N) is 1. The van der Waals surface area contributed by atoms with Crippen LogP contribution in [0.5, 0.6) is 0 Å². The first kappa shape index (κ1) is 10.8. The second-order valence-electron chi connectivity index (χ2n) is 3.35. The molecule has 1 aromatic heterocycles. The average Bonchev–Trinajstić information content (AvgIpc) is 2.66. The van der Waals surface area contributed by atoms with Gasteiger partial charge in [-0.3, -0.25) is 0 Å². The highest BCUT2D eigenvalue weighted by atomic mass is 32.1. The second-order valence-corrected chi connectivity index (χ2v) is 4.47. The van der Waals surface area contributed by atoms with E-state index in [1.165, 1.54) is 10.8 Å². The number of hydrogen-bond acceptors (Lipinski definition) is 3. The molecule has 1 heterocycles. The molecule has 0 aliphatic heterocycles. The maximum Gasteiger partial charge on any atom is 0.327 e. The number of carboxylic acid groups (broad SMARTS) is 1. The van der Waals surface area contributed by atoms with Gasteiger partial charge in [-0.1, -0.05) is 18.2 Å². The van der Waals surface area contributed by atoms with Crippen molar-refractivity contribution in [2.75, 3.05) is 0 Å². The van der Waals surface area contributed by atoms with Crippen molar-refractivity contribution >= 4 is 27.5 Å². The fourth-order valence-electron chi connectivity index (χ4n) is 1.42. The molecule has 3 nitrogen and oxygen atoms in total. The first-order chi connectivity index (χ1) is 7.75. The molecule has 0 saturated heterocycles. The van der Waals surface area contributed by atoms with E-state index >= 15 is 0 Å². The third-order valence-electron chi connectivity index (χ3n) is 2.12. The van der Waals surface area contributed by atoms with E-state index < -0.39 is 5.97 Å². The normalized spacial score (nSPS) is 11.2. The molecule has 2 rings (SSSR count). The largest absolute Gasteiger partial charge is 0.478 e. The van der Waals surface area contributed by atoms with Crippen LogP contribution in [0.15, 0.2) is 36.4 Å². The van der Waals surface area contributed by atoms with E-state index in [2.05, 4.69) is 4.98 Å². The van der Waals surface area contributed by atoms with Gasteiger partial charge in [0, 0.05) is 12.5 Å². The van der Waals surface area contributed by atoms with Crippen LogP contribution in [0.1, 0.15) is 11.4 Å². The Balaban J connectivity index is 2.02. The van der Waals surface area contributed by atoms with Crippen molar-refractivity contribution in [2.24, 2.45) is 0 Å². The second kappa shape index (κ2) is 4.90. The SMILES string of the molecule is O=C(O)/C=C/CCc1nc2ccccc2s1. The van der Waals surface area contributed by atoms with Gasteiger partial charge in [0.15, 0.2) is 0 Å². The molecule has 0 saturated carbocycles. The molecule has 0 radical (unpaired) electrons. The Hall–Kier alpha value is -1.68. The van der Waals surface area contributed by atoms with Crippen LogP contribution < -0.4 is 0 Å². The van der Waals surface area contributed by atoms with Gasteiger partial charge in [-0.15, -0.1) is 11.3 Å². The van der Waals surface area contributed by atoms with E-state index in [1.54, 1.807) is 17.4 Å². The average molecular weight is 233 g/mol. The lowest BCUT2D eigenvalue weighted by Gasteiger charge is -1.88. The van der Waals surface area contributed by atoms with Gasteiger partial charge in [-0.2, -0.15) is 0 Å². The number of aryl methyl sites for hydroxylation is 1. The summed E-state index contributed by atoms with van der Waals surface area (Å²) in [6, 6.07) is 8.00. The Morgan fingerprint density at radius 1 is 1.44 bits per heavy atom. The number of aliphatic carboxylic acids is 1. The number of allylic oxidation sites excluding steroid dienone is 1. The van der Waals surface area contributed by atoms with Crippen molar-refractivity contribution in [2.45, 2.75) is 12.8 Å². The molecule has 0 aliphatic carbocycles. The van der Waals surface area contributed by atoms with Crippen molar-refractivity contribution in [3.05, 3.63) is 41.4 Å². The number of hydrogen-bond donors (Lipinski definition) is 1. The number of para-hydroxylation sites is 1. The quantitative estimate of drug-likeness (QED) is 0.826. The minimum absolute atomic E-state index is 0.714. The molecule has 0 fully saturated rings. The summed E-state index contributed by atoms with van der Waals surface area (Å²) in [5, 5.41) is 9.48. The van der Waals surface area contributed by atoms with Crippen LogP contribution >= 0.6 is 11.3 Å². The smallest absolute Gasteiger partial charge is 0.327 e. The van der Waals surface area contributed by atoms with Gasteiger partial charge in [0.1, 0.15) is 0 Å². The Bertz CT molecular complexity index is 498. The molecule has 2 aromatic rings. The third-order valence-corrected chi connectivity index (χ3v) is 3.22. The van der Waals surface area contributed by atoms with E-state index in [-0.39, 0.29) is 0 Å². The number of fused-ring (bicyclic) bond motifs is 1. The van der Waals surface area contributed by atoms with Gasteiger partial charge in [0.2, 0.25) is 0 Å². The topological polar surface area (TPSA) is 50.2 Å². The molecule has 0 spiro atoms. The van der Waals surface area contributed by atoms with E-state index in [4.69, 9.17) is 5.11 Å². The number of rotatable bonds is 4. The van der Waals surface area contributed by atoms with Crippen LogP contribution in [0.25, 0.3) is 10.2 Å².